The second-order valence-electron chi connectivity index (χ2n) is 17.1. The molecule has 5 aromatic heterocycles. The minimum Gasteiger partial charge on any atom is -0.486 e. The van der Waals surface area contributed by atoms with Crippen LogP contribution in [0.15, 0.2) is 83.4 Å². The topological polar surface area (TPSA) is 69.6 Å². The first-order chi connectivity index (χ1) is 27.0. The maximum absolute atomic E-state index is 6.21. The van der Waals surface area contributed by atoms with Gasteiger partial charge in [0.05, 0.1) is 36.0 Å². The molecule has 1 aliphatic rings. The predicted octanol–water partition coefficient (Wildman–Crippen LogP) is 12.3. The third kappa shape index (κ3) is 8.28. The Bertz CT molecular complexity index is 2680. The SMILES string of the molecule is CC(C)Cc1cc(-c2[c-]cc(C3CCCCC3)cc2)ncc1[Si](C)(C)C.CCn1c(-c2[c-]ccc3c2oc2nc(C)ccc23)nc2ccc3nc(C)ccc3c21.[Ir]. The molecule has 1 radical (unpaired) electrons. The molecule has 295 valence electrons. The Morgan fingerprint density at radius 3 is 2.26 bits per heavy atom. The molecule has 6 nitrogen and oxygen atoms in total. The first-order valence-corrected chi connectivity index (χ1v) is 24.0. The van der Waals surface area contributed by atoms with Crippen LogP contribution in [-0.4, -0.2) is 32.6 Å². The molecule has 0 aliphatic heterocycles. The van der Waals surface area contributed by atoms with E-state index in [1.54, 1.807) is 0 Å². The average Bonchev–Trinajstić information content (AvgIpc) is 3.76. The van der Waals surface area contributed by atoms with E-state index in [1.807, 2.05) is 44.2 Å². The molecule has 0 bridgehead atoms. The van der Waals surface area contributed by atoms with Gasteiger partial charge in [-0.2, -0.15) is 0 Å². The number of imidazole rings is 1. The number of aromatic nitrogens is 5. The average molecular weight is 948 g/mol. The van der Waals surface area contributed by atoms with E-state index in [4.69, 9.17) is 19.4 Å². The van der Waals surface area contributed by atoms with Crippen LogP contribution in [0, 0.1) is 31.9 Å². The van der Waals surface area contributed by atoms with E-state index in [1.165, 1.54) is 48.4 Å². The number of fused-ring (bicyclic) bond motifs is 6. The van der Waals surface area contributed by atoms with Crippen molar-refractivity contribution in [2.45, 2.75) is 105 Å². The Hall–Kier alpha value is -4.49. The van der Waals surface area contributed by atoms with Gasteiger partial charge in [0.15, 0.2) is 0 Å². The molecule has 8 aromatic rings. The molecule has 9 rings (SSSR count). The third-order valence-electron chi connectivity index (χ3n) is 11.3. The van der Waals surface area contributed by atoms with Gasteiger partial charge in [-0.3, -0.25) is 9.97 Å². The largest absolute Gasteiger partial charge is 0.486 e. The summed E-state index contributed by atoms with van der Waals surface area (Å²) >= 11 is 0. The van der Waals surface area contributed by atoms with E-state index in [9.17, 15) is 0 Å². The molecule has 0 unspecified atom stereocenters. The van der Waals surface area contributed by atoms with E-state index in [0.29, 0.717) is 11.6 Å². The van der Waals surface area contributed by atoms with Crippen LogP contribution in [-0.2, 0) is 33.1 Å². The van der Waals surface area contributed by atoms with Gasteiger partial charge >= 0.3 is 0 Å². The summed E-state index contributed by atoms with van der Waals surface area (Å²) in [6, 6.07) is 32.3. The van der Waals surface area contributed by atoms with Crippen molar-refractivity contribution >= 4 is 57.3 Å². The standard InChI is InChI=1S/C25H19N4O.C24H34NSi.Ir/c1-4-29-22-18-11-9-14(2)26-20(18)12-13-21(22)28-24(29)19-7-5-6-16-17-10-8-15(3)27-25(17)30-23(16)19;1-18(2)15-22-16-23(25-17-24(22)26(3,4)5)21-13-11-20(12-14-21)19-9-7-6-8-10-19;/h5-6,8-13H,4H2,1-3H3;11-13,16-19H,6-10,15H2,1-5H3;/q2*-1;. The maximum atomic E-state index is 6.21. The zero-order valence-electron chi connectivity index (χ0n) is 34.6. The molecule has 0 amide bonds. The van der Waals surface area contributed by atoms with Gasteiger partial charge < -0.3 is 14.0 Å². The summed E-state index contributed by atoms with van der Waals surface area (Å²) < 4.78 is 8.44. The molecular formula is C49H53IrN5OSi-2. The Morgan fingerprint density at radius 1 is 0.825 bits per heavy atom. The van der Waals surface area contributed by atoms with Crippen molar-refractivity contribution in [2.75, 3.05) is 0 Å². The molecule has 1 saturated carbocycles. The summed E-state index contributed by atoms with van der Waals surface area (Å²) in [5.41, 5.74) is 12.4. The summed E-state index contributed by atoms with van der Waals surface area (Å²) in [5.74, 6) is 2.26. The number of rotatable bonds is 7. The van der Waals surface area contributed by atoms with Crippen LogP contribution in [0.3, 0.4) is 0 Å². The molecule has 57 heavy (non-hydrogen) atoms. The second-order valence-corrected chi connectivity index (χ2v) is 22.1. The summed E-state index contributed by atoms with van der Waals surface area (Å²) in [7, 11) is -1.37. The zero-order valence-corrected chi connectivity index (χ0v) is 38.0. The first kappa shape index (κ1) is 40.7. The Kier molecular flexibility index (Phi) is 12.0. The number of aryl methyl sites for hydroxylation is 3. The summed E-state index contributed by atoms with van der Waals surface area (Å²) in [5, 5.41) is 4.65. The smallest absolute Gasteiger partial charge is 0.216 e. The molecule has 0 N–H and O–H groups in total. The Balaban J connectivity index is 0.000000173. The number of hydrogen-bond donors (Lipinski definition) is 0. The summed E-state index contributed by atoms with van der Waals surface area (Å²) in [6.07, 6.45) is 10.1. The molecule has 1 fully saturated rings. The zero-order chi connectivity index (χ0) is 39.1. The number of nitrogens with zero attached hydrogens (tertiary/aromatic N) is 5. The van der Waals surface area contributed by atoms with Gasteiger partial charge in [0, 0.05) is 55.0 Å². The molecule has 0 atom stereocenters. The van der Waals surface area contributed by atoms with Crippen molar-refractivity contribution in [3.05, 3.63) is 114 Å². The van der Waals surface area contributed by atoms with E-state index in [-0.39, 0.29) is 20.1 Å². The van der Waals surface area contributed by atoms with Crippen LogP contribution >= 0.6 is 0 Å². The van der Waals surface area contributed by atoms with E-state index >= 15 is 0 Å². The summed E-state index contributed by atoms with van der Waals surface area (Å²) in [6.45, 7) is 18.7. The quantitative estimate of drug-likeness (QED) is 0.118. The van der Waals surface area contributed by atoms with Gasteiger partial charge in [0.2, 0.25) is 5.71 Å². The van der Waals surface area contributed by atoms with Gasteiger partial charge in [0.25, 0.3) is 0 Å². The molecular weight excluding hydrogens is 895 g/mol. The van der Waals surface area contributed by atoms with Crippen molar-refractivity contribution in [1.82, 2.24) is 24.5 Å². The number of benzene rings is 3. The van der Waals surface area contributed by atoms with E-state index < -0.39 is 8.07 Å². The van der Waals surface area contributed by atoms with Crippen molar-refractivity contribution in [2.24, 2.45) is 5.92 Å². The molecule has 0 saturated heterocycles. The molecule has 3 aromatic carbocycles. The van der Waals surface area contributed by atoms with Crippen molar-refractivity contribution in [1.29, 1.82) is 0 Å². The fraction of sp³-hybridized carbons (Fsp3) is 0.347. The van der Waals surface area contributed by atoms with Crippen molar-refractivity contribution < 1.29 is 24.5 Å². The van der Waals surface area contributed by atoms with Crippen LogP contribution in [0.5, 0.6) is 0 Å². The fourth-order valence-electron chi connectivity index (χ4n) is 8.53. The monoisotopic (exact) mass is 948 g/mol. The second kappa shape index (κ2) is 16.8. The number of furan rings is 1. The van der Waals surface area contributed by atoms with E-state index in [2.05, 4.69) is 111 Å². The van der Waals surface area contributed by atoms with Crippen LogP contribution in [0.2, 0.25) is 19.6 Å². The van der Waals surface area contributed by atoms with E-state index in [0.717, 1.165) is 91.2 Å². The third-order valence-corrected chi connectivity index (χ3v) is 13.4. The van der Waals surface area contributed by atoms with Gasteiger partial charge in [-0.25, -0.2) is 4.98 Å². The molecule has 5 heterocycles. The molecule has 1 aliphatic carbocycles. The Morgan fingerprint density at radius 2 is 1.56 bits per heavy atom. The van der Waals surface area contributed by atoms with Gasteiger partial charge in [-0.15, -0.1) is 53.6 Å². The van der Waals surface area contributed by atoms with Crippen molar-refractivity contribution in [3.8, 4) is 22.6 Å². The number of hydrogen-bond acceptors (Lipinski definition) is 5. The first-order valence-electron chi connectivity index (χ1n) is 20.5. The minimum atomic E-state index is -1.37. The van der Waals surface area contributed by atoms with Gasteiger partial charge in [-0.1, -0.05) is 94.1 Å². The predicted molar refractivity (Wildman–Crippen MR) is 235 cm³/mol. The van der Waals surface area contributed by atoms with Crippen LogP contribution in [0.1, 0.15) is 81.3 Å². The van der Waals surface area contributed by atoms with Crippen LogP contribution < -0.4 is 5.19 Å². The number of pyridine rings is 3. The summed E-state index contributed by atoms with van der Waals surface area (Å²) in [4.78, 5) is 19.1. The van der Waals surface area contributed by atoms with Crippen LogP contribution in [0.25, 0.3) is 66.7 Å². The molecule has 0 spiro atoms. The molecule has 8 heteroatoms. The minimum absolute atomic E-state index is 0. The maximum Gasteiger partial charge on any atom is 0.216 e. The van der Waals surface area contributed by atoms with Crippen molar-refractivity contribution in [3.63, 3.8) is 0 Å². The van der Waals surface area contributed by atoms with Gasteiger partial charge in [0.1, 0.15) is 0 Å². The Labute approximate surface area is 351 Å². The van der Waals surface area contributed by atoms with Crippen LogP contribution in [0.4, 0.5) is 0 Å². The normalized spacial score (nSPS) is 13.7. The van der Waals surface area contributed by atoms with Gasteiger partial charge in [-0.05, 0) is 80.4 Å². The fourth-order valence-corrected chi connectivity index (χ4v) is 10.1.